The molecule has 0 radical (unpaired) electrons. The molecule has 1 aromatic heterocycles. The molecule has 3 nitrogen and oxygen atoms in total. The van der Waals surface area contributed by atoms with Crippen LogP contribution in [-0.2, 0) is 11.3 Å². The van der Waals surface area contributed by atoms with Crippen molar-refractivity contribution in [3.05, 3.63) is 34.2 Å². The van der Waals surface area contributed by atoms with Gasteiger partial charge in [-0.1, -0.05) is 6.08 Å². The van der Waals surface area contributed by atoms with Crippen molar-refractivity contribution in [1.29, 1.82) is 5.26 Å². The molecule has 0 fully saturated rings. The number of hydrogen-bond acceptors (Lipinski definition) is 3. The Hall–Kier alpha value is -1.60. The van der Waals surface area contributed by atoms with Crippen molar-refractivity contribution in [1.82, 2.24) is 4.90 Å². The first kappa shape index (κ1) is 8.97. The van der Waals surface area contributed by atoms with Crippen LogP contribution in [0.1, 0.15) is 16.9 Å². The maximum absolute atomic E-state index is 11.3. The lowest BCUT2D eigenvalue weighted by Gasteiger charge is -2.11. The van der Waals surface area contributed by atoms with Crippen molar-refractivity contribution in [3.8, 4) is 6.07 Å². The fraction of sp³-hybridized carbons (Fsp3) is 0.200. The molecule has 1 amide bonds. The van der Waals surface area contributed by atoms with Gasteiger partial charge in [-0.25, -0.2) is 0 Å². The van der Waals surface area contributed by atoms with Crippen LogP contribution in [0, 0.1) is 11.3 Å². The highest BCUT2D eigenvalue weighted by Gasteiger charge is 2.15. The number of hydrogen-bond donors (Lipinski definition) is 0. The van der Waals surface area contributed by atoms with Crippen molar-refractivity contribution in [2.45, 2.75) is 13.0 Å². The Morgan fingerprint density at radius 3 is 3.07 bits per heavy atom. The number of amides is 1. The highest BCUT2D eigenvalue weighted by molar-refractivity contribution is 7.10. The molecule has 0 saturated carbocycles. The van der Waals surface area contributed by atoms with Gasteiger partial charge in [-0.2, -0.15) is 5.26 Å². The lowest BCUT2D eigenvalue weighted by molar-refractivity contribution is -0.127. The normalized spacial score (nSPS) is 14.8. The van der Waals surface area contributed by atoms with E-state index >= 15 is 0 Å². The molecule has 2 rings (SSSR count). The number of nitriles is 1. The molecular weight excluding hydrogens is 196 g/mol. The van der Waals surface area contributed by atoms with E-state index in [1.54, 1.807) is 11.1 Å². The first-order valence-corrected chi connectivity index (χ1v) is 5.11. The maximum atomic E-state index is 11.3. The van der Waals surface area contributed by atoms with E-state index in [1.807, 2.05) is 17.5 Å². The van der Waals surface area contributed by atoms with Gasteiger partial charge in [0.1, 0.15) is 10.9 Å². The molecule has 1 aliphatic heterocycles. The number of carbonyl (C=O) groups excluding carboxylic acids is 1. The quantitative estimate of drug-likeness (QED) is 0.738. The standard InChI is InChI=1S/C10H8N2OS/c11-5-9-4-8(7-14-9)6-12-3-1-2-10(12)13/h1,3-4,7H,2,6H2. The zero-order valence-corrected chi connectivity index (χ0v) is 8.25. The van der Waals surface area contributed by atoms with Crippen LogP contribution in [0.5, 0.6) is 0 Å². The summed E-state index contributed by atoms with van der Waals surface area (Å²) in [6.07, 6.45) is 4.14. The van der Waals surface area contributed by atoms with E-state index in [2.05, 4.69) is 6.07 Å². The van der Waals surface area contributed by atoms with Gasteiger partial charge in [0.15, 0.2) is 0 Å². The second kappa shape index (κ2) is 3.64. The van der Waals surface area contributed by atoms with E-state index in [-0.39, 0.29) is 5.91 Å². The van der Waals surface area contributed by atoms with Crippen molar-refractivity contribution >= 4 is 17.2 Å². The molecule has 0 aromatic carbocycles. The highest BCUT2D eigenvalue weighted by Crippen LogP contribution is 2.17. The highest BCUT2D eigenvalue weighted by atomic mass is 32.1. The lowest BCUT2D eigenvalue weighted by atomic mass is 10.3. The second-order valence-corrected chi connectivity index (χ2v) is 3.95. The third kappa shape index (κ3) is 1.68. The molecule has 0 bridgehead atoms. The molecule has 70 valence electrons. The molecule has 1 aliphatic rings. The van der Waals surface area contributed by atoms with Gasteiger partial charge in [-0.3, -0.25) is 4.79 Å². The van der Waals surface area contributed by atoms with Crippen LogP contribution >= 0.6 is 11.3 Å². The van der Waals surface area contributed by atoms with Crippen LogP contribution in [0.3, 0.4) is 0 Å². The first-order chi connectivity index (χ1) is 6.79. The zero-order chi connectivity index (χ0) is 9.97. The van der Waals surface area contributed by atoms with Gasteiger partial charge >= 0.3 is 0 Å². The minimum atomic E-state index is 0.120. The zero-order valence-electron chi connectivity index (χ0n) is 7.43. The summed E-state index contributed by atoms with van der Waals surface area (Å²) >= 11 is 1.41. The second-order valence-electron chi connectivity index (χ2n) is 3.04. The minimum Gasteiger partial charge on any atom is -0.315 e. The van der Waals surface area contributed by atoms with E-state index in [9.17, 15) is 4.79 Å². The van der Waals surface area contributed by atoms with E-state index in [1.165, 1.54) is 11.3 Å². The van der Waals surface area contributed by atoms with Crippen molar-refractivity contribution < 1.29 is 4.79 Å². The summed E-state index contributed by atoms with van der Waals surface area (Å²) in [6, 6.07) is 3.90. The SMILES string of the molecule is N#Cc1cc(CN2C=CCC2=O)cs1. The third-order valence-electron chi connectivity index (χ3n) is 2.02. The fourth-order valence-corrected chi connectivity index (χ4v) is 2.03. The number of carbonyl (C=O) groups is 1. The average Bonchev–Trinajstić information content (AvgIpc) is 2.77. The van der Waals surface area contributed by atoms with Crippen LogP contribution in [0.25, 0.3) is 0 Å². The molecule has 0 N–H and O–H groups in total. The van der Waals surface area contributed by atoms with Gasteiger partial charge in [0.2, 0.25) is 5.91 Å². The summed E-state index contributed by atoms with van der Waals surface area (Å²) in [5.74, 6) is 0.120. The van der Waals surface area contributed by atoms with E-state index in [0.29, 0.717) is 17.8 Å². The first-order valence-electron chi connectivity index (χ1n) is 4.23. The van der Waals surface area contributed by atoms with Crippen LogP contribution in [-0.4, -0.2) is 10.8 Å². The summed E-state index contributed by atoms with van der Waals surface area (Å²) in [5, 5.41) is 10.5. The van der Waals surface area contributed by atoms with Crippen LogP contribution in [0.2, 0.25) is 0 Å². The number of rotatable bonds is 2. The largest absolute Gasteiger partial charge is 0.315 e. The summed E-state index contributed by atoms with van der Waals surface area (Å²) in [7, 11) is 0. The molecule has 4 heteroatoms. The molecule has 0 unspecified atom stereocenters. The minimum absolute atomic E-state index is 0.120. The topological polar surface area (TPSA) is 44.1 Å². The number of nitrogens with zero attached hydrogens (tertiary/aromatic N) is 2. The van der Waals surface area contributed by atoms with Gasteiger partial charge < -0.3 is 4.90 Å². The van der Waals surface area contributed by atoms with E-state index < -0.39 is 0 Å². The van der Waals surface area contributed by atoms with Crippen LogP contribution in [0.4, 0.5) is 0 Å². The number of thiophene rings is 1. The molecule has 0 saturated heterocycles. The van der Waals surface area contributed by atoms with E-state index in [4.69, 9.17) is 5.26 Å². The predicted molar refractivity (Wildman–Crippen MR) is 53.3 cm³/mol. The monoisotopic (exact) mass is 204 g/mol. The lowest BCUT2D eigenvalue weighted by Crippen LogP contribution is -2.19. The Bertz CT molecular complexity index is 428. The van der Waals surface area contributed by atoms with Crippen molar-refractivity contribution in [2.75, 3.05) is 0 Å². The van der Waals surface area contributed by atoms with E-state index in [0.717, 1.165) is 5.56 Å². The van der Waals surface area contributed by atoms with Gasteiger partial charge in [-0.05, 0) is 17.0 Å². The van der Waals surface area contributed by atoms with Gasteiger partial charge in [0.25, 0.3) is 0 Å². The molecule has 14 heavy (non-hydrogen) atoms. The average molecular weight is 204 g/mol. The Kier molecular flexibility index (Phi) is 2.33. The van der Waals surface area contributed by atoms with Gasteiger partial charge in [0, 0.05) is 12.6 Å². The maximum Gasteiger partial charge on any atom is 0.230 e. The smallest absolute Gasteiger partial charge is 0.230 e. The molecule has 2 heterocycles. The summed E-state index contributed by atoms with van der Waals surface area (Å²) in [5.41, 5.74) is 1.02. The Morgan fingerprint density at radius 1 is 1.64 bits per heavy atom. The molecule has 0 spiro atoms. The summed E-state index contributed by atoms with van der Waals surface area (Å²) in [4.78, 5) is 13.6. The van der Waals surface area contributed by atoms with Crippen LogP contribution < -0.4 is 0 Å². The summed E-state index contributed by atoms with van der Waals surface area (Å²) in [6.45, 7) is 0.577. The molecular formula is C10H8N2OS. The predicted octanol–water partition coefficient (Wildman–Crippen LogP) is 1.87. The Labute approximate surface area is 85.9 Å². The molecule has 0 atom stereocenters. The van der Waals surface area contributed by atoms with Gasteiger partial charge in [-0.15, -0.1) is 11.3 Å². The van der Waals surface area contributed by atoms with Gasteiger partial charge in [0.05, 0.1) is 6.54 Å². The molecule has 1 aromatic rings. The Balaban J connectivity index is 2.08. The fourth-order valence-electron chi connectivity index (χ4n) is 1.34. The van der Waals surface area contributed by atoms with Crippen molar-refractivity contribution in [3.63, 3.8) is 0 Å². The summed E-state index contributed by atoms with van der Waals surface area (Å²) < 4.78 is 0. The third-order valence-corrected chi connectivity index (χ3v) is 2.90. The van der Waals surface area contributed by atoms with Crippen molar-refractivity contribution in [2.24, 2.45) is 0 Å². The molecule has 0 aliphatic carbocycles. The Morgan fingerprint density at radius 2 is 2.50 bits per heavy atom. The van der Waals surface area contributed by atoms with Crippen LogP contribution in [0.15, 0.2) is 23.7 Å².